The van der Waals surface area contributed by atoms with Gasteiger partial charge >= 0.3 is 0 Å². The van der Waals surface area contributed by atoms with E-state index in [1.165, 1.54) is 11.1 Å². The van der Waals surface area contributed by atoms with Crippen molar-refractivity contribution in [3.63, 3.8) is 0 Å². The van der Waals surface area contributed by atoms with E-state index in [9.17, 15) is 0 Å². The normalized spacial score (nSPS) is 19.7. The summed E-state index contributed by atoms with van der Waals surface area (Å²) in [4.78, 5) is 0. The summed E-state index contributed by atoms with van der Waals surface area (Å²) < 4.78 is 68.7. The molecular weight excluding hydrogens is 612 g/mol. The van der Waals surface area contributed by atoms with Gasteiger partial charge in [0.05, 0.1) is 106 Å². The van der Waals surface area contributed by atoms with Gasteiger partial charge in [0.2, 0.25) is 0 Å². The predicted octanol–water partition coefficient (Wildman–Crippen LogP) is 3.54. The molecule has 0 aliphatic carbocycles. The van der Waals surface area contributed by atoms with Gasteiger partial charge in [-0.1, -0.05) is 12.1 Å². The molecule has 4 rings (SSSR count). The number of aryl methyl sites for hydroxylation is 2. The summed E-state index contributed by atoms with van der Waals surface area (Å²) in [5.74, 6) is 2.78. The van der Waals surface area contributed by atoms with Crippen LogP contribution in [0.1, 0.15) is 17.5 Å². The molecule has 264 valence electrons. The molecule has 0 spiro atoms. The first-order valence-corrected chi connectivity index (χ1v) is 16.8. The zero-order valence-electron chi connectivity index (χ0n) is 27.6. The zero-order valence-corrected chi connectivity index (χ0v) is 27.6. The van der Waals surface area contributed by atoms with E-state index in [0.29, 0.717) is 155 Å². The van der Waals surface area contributed by atoms with Crippen molar-refractivity contribution in [3.8, 4) is 23.0 Å². The van der Waals surface area contributed by atoms with Gasteiger partial charge in [0.1, 0.15) is 26.4 Å². The minimum Gasteiger partial charge on any atom is -0.487 e. The van der Waals surface area contributed by atoms with Crippen LogP contribution >= 0.6 is 0 Å². The summed E-state index contributed by atoms with van der Waals surface area (Å²) in [5.41, 5.74) is 2.33. The third-order valence-electron chi connectivity index (χ3n) is 7.12. The monoisotopic (exact) mass is 664 g/mol. The maximum absolute atomic E-state index is 6.08. The minimum absolute atomic E-state index is 0.413. The van der Waals surface area contributed by atoms with E-state index in [-0.39, 0.29) is 0 Å². The van der Waals surface area contributed by atoms with E-state index in [0.717, 1.165) is 19.3 Å². The van der Waals surface area contributed by atoms with Crippen molar-refractivity contribution < 1.29 is 56.8 Å². The average molecular weight is 665 g/mol. The third-order valence-corrected chi connectivity index (χ3v) is 7.12. The maximum Gasteiger partial charge on any atom is 0.161 e. The molecule has 0 radical (unpaired) electrons. The molecule has 2 aliphatic rings. The van der Waals surface area contributed by atoms with Crippen molar-refractivity contribution in [1.82, 2.24) is 0 Å². The Labute approximate surface area is 278 Å². The fraction of sp³-hybridized carbons (Fsp3) is 0.657. The molecule has 0 unspecified atom stereocenters. The number of fused-ring (bicyclic) bond motifs is 2. The van der Waals surface area contributed by atoms with Crippen molar-refractivity contribution in [2.45, 2.75) is 19.3 Å². The first kappa shape index (κ1) is 37.1. The highest BCUT2D eigenvalue weighted by atomic mass is 16.6. The second kappa shape index (κ2) is 24.5. The molecule has 0 saturated heterocycles. The lowest BCUT2D eigenvalue weighted by molar-refractivity contribution is -0.00842. The van der Waals surface area contributed by atoms with Crippen molar-refractivity contribution >= 4 is 0 Å². The second-order valence-corrected chi connectivity index (χ2v) is 10.7. The summed E-state index contributed by atoms with van der Waals surface area (Å²) in [7, 11) is 0. The van der Waals surface area contributed by atoms with Gasteiger partial charge in [0.25, 0.3) is 0 Å². The Morgan fingerprint density at radius 2 is 0.553 bits per heavy atom. The van der Waals surface area contributed by atoms with Crippen LogP contribution in [-0.4, -0.2) is 132 Å². The molecule has 0 fully saturated rings. The van der Waals surface area contributed by atoms with Gasteiger partial charge in [0, 0.05) is 0 Å². The maximum atomic E-state index is 6.08. The number of rotatable bonds is 4. The lowest BCUT2D eigenvalue weighted by Gasteiger charge is -2.16. The van der Waals surface area contributed by atoms with Gasteiger partial charge in [-0.2, -0.15) is 0 Å². The Morgan fingerprint density at radius 1 is 0.298 bits per heavy atom. The van der Waals surface area contributed by atoms with Crippen molar-refractivity contribution in [3.05, 3.63) is 47.5 Å². The summed E-state index contributed by atoms with van der Waals surface area (Å²) >= 11 is 0. The fourth-order valence-electron chi connectivity index (χ4n) is 4.74. The molecule has 2 aliphatic heterocycles. The van der Waals surface area contributed by atoms with E-state index < -0.39 is 0 Å². The first-order valence-electron chi connectivity index (χ1n) is 16.8. The summed E-state index contributed by atoms with van der Waals surface area (Å²) in [5, 5.41) is 0. The van der Waals surface area contributed by atoms with Crippen LogP contribution in [0.4, 0.5) is 0 Å². The number of hydrogen-bond donors (Lipinski definition) is 0. The number of hydrogen-bond acceptors (Lipinski definition) is 12. The number of benzene rings is 2. The summed E-state index contributed by atoms with van der Waals surface area (Å²) in [6, 6.07) is 12.2. The highest BCUT2D eigenvalue weighted by molar-refractivity contribution is 5.44. The summed E-state index contributed by atoms with van der Waals surface area (Å²) in [6.07, 6.45) is 2.69. The molecule has 2 aromatic rings. The molecule has 0 N–H and O–H groups in total. The highest BCUT2D eigenvalue weighted by Crippen LogP contribution is 2.31. The van der Waals surface area contributed by atoms with Gasteiger partial charge in [-0.05, 0) is 54.7 Å². The van der Waals surface area contributed by atoms with Crippen LogP contribution in [0, 0.1) is 0 Å². The standard InChI is InChI=1S/C35H52O12/c1(2-30-4-6-32-34(28-30)46-26-22-42-18-14-38-10-8-36-12-16-40-20-24-44-32)3-31-5-7-33-35(29-31)47-27-23-43-19-15-39-11-9-37-13-17-41-21-25-45-33/h4-7,28-29H,1-3,8-27H2. The molecule has 2 aromatic carbocycles. The summed E-state index contributed by atoms with van der Waals surface area (Å²) in [6.45, 7) is 9.74. The van der Waals surface area contributed by atoms with Gasteiger partial charge in [-0.3, -0.25) is 0 Å². The lowest BCUT2D eigenvalue weighted by atomic mass is 10.0. The molecule has 0 saturated carbocycles. The van der Waals surface area contributed by atoms with Crippen LogP contribution in [0.15, 0.2) is 36.4 Å². The molecule has 12 heteroatoms. The van der Waals surface area contributed by atoms with Crippen molar-refractivity contribution in [1.29, 1.82) is 0 Å². The molecule has 0 aromatic heterocycles. The zero-order chi connectivity index (χ0) is 32.5. The van der Waals surface area contributed by atoms with E-state index in [4.69, 9.17) is 56.8 Å². The molecular formula is C35H52O12. The minimum atomic E-state index is 0.413. The third kappa shape index (κ3) is 16.3. The van der Waals surface area contributed by atoms with Crippen LogP contribution in [0.25, 0.3) is 0 Å². The highest BCUT2D eigenvalue weighted by Gasteiger charge is 2.11. The topological polar surface area (TPSA) is 111 Å². The van der Waals surface area contributed by atoms with Gasteiger partial charge in [-0.15, -0.1) is 0 Å². The quantitative estimate of drug-likeness (QED) is 0.477. The molecule has 0 atom stereocenters. The van der Waals surface area contributed by atoms with E-state index in [1.807, 2.05) is 12.1 Å². The van der Waals surface area contributed by atoms with Crippen LogP contribution in [-0.2, 0) is 50.7 Å². The Hall–Kier alpha value is -2.68. The SMILES string of the molecule is c1cc2c(cc1CCCc1ccc3c(c1)OCCOCCOCCOCCOCCO3)OCCOCCOCCOCCOCCO2. The Morgan fingerprint density at radius 3 is 0.851 bits per heavy atom. The number of ether oxygens (including phenoxy) is 12. The van der Waals surface area contributed by atoms with E-state index >= 15 is 0 Å². The Bertz CT molecular complexity index is 1000. The van der Waals surface area contributed by atoms with Gasteiger partial charge < -0.3 is 56.8 Å². The lowest BCUT2D eigenvalue weighted by Crippen LogP contribution is -2.16. The second-order valence-electron chi connectivity index (χ2n) is 10.7. The molecule has 0 bridgehead atoms. The molecule has 12 nitrogen and oxygen atoms in total. The van der Waals surface area contributed by atoms with Crippen LogP contribution in [0.5, 0.6) is 23.0 Å². The van der Waals surface area contributed by atoms with Crippen LogP contribution < -0.4 is 18.9 Å². The van der Waals surface area contributed by atoms with Crippen molar-refractivity contribution in [2.24, 2.45) is 0 Å². The first-order chi connectivity index (χ1) is 23.4. The van der Waals surface area contributed by atoms with Gasteiger partial charge in [0.15, 0.2) is 23.0 Å². The molecule has 0 amide bonds. The Balaban J connectivity index is 1.29. The Kier molecular flexibility index (Phi) is 19.3. The average Bonchev–Trinajstić information content (AvgIpc) is 3.08. The molecule has 2 heterocycles. The van der Waals surface area contributed by atoms with E-state index in [2.05, 4.69) is 24.3 Å². The fourth-order valence-corrected chi connectivity index (χ4v) is 4.74. The van der Waals surface area contributed by atoms with E-state index in [1.54, 1.807) is 0 Å². The van der Waals surface area contributed by atoms with Crippen LogP contribution in [0.2, 0.25) is 0 Å². The molecule has 47 heavy (non-hydrogen) atoms. The van der Waals surface area contributed by atoms with Gasteiger partial charge in [-0.25, -0.2) is 0 Å². The van der Waals surface area contributed by atoms with Crippen molar-refractivity contribution in [2.75, 3.05) is 132 Å². The largest absolute Gasteiger partial charge is 0.487 e. The smallest absolute Gasteiger partial charge is 0.161 e. The predicted molar refractivity (Wildman–Crippen MR) is 173 cm³/mol. The van der Waals surface area contributed by atoms with Crippen LogP contribution in [0.3, 0.4) is 0 Å².